The molecular formula is C21H25N3O4. The molecule has 1 saturated heterocycles. The van der Waals surface area contributed by atoms with Gasteiger partial charge in [-0.05, 0) is 44.9 Å². The minimum atomic E-state index is -0.723. The van der Waals surface area contributed by atoms with Crippen LogP contribution in [0.15, 0.2) is 35.4 Å². The van der Waals surface area contributed by atoms with E-state index in [1.54, 1.807) is 12.3 Å². The van der Waals surface area contributed by atoms with Crippen molar-refractivity contribution in [2.45, 2.75) is 45.4 Å². The van der Waals surface area contributed by atoms with Crippen molar-refractivity contribution in [2.24, 2.45) is 5.10 Å². The average molecular weight is 383 g/mol. The highest BCUT2D eigenvalue weighted by Gasteiger charge is 2.27. The highest BCUT2D eigenvalue weighted by atomic mass is 16.6. The number of rotatable bonds is 5. The zero-order valence-electron chi connectivity index (χ0n) is 16.2. The summed E-state index contributed by atoms with van der Waals surface area (Å²) in [4.78, 5) is 12.3. The first-order valence-corrected chi connectivity index (χ1v) is 9.61. The Morgan fingerprint density at radius 1 is 1.32 bits per heavy atom. The average Bonchev–Trinajstić information content (AvgIpc) is 3.31. The maximum absolute atomic E-state index is 12.3. The summed E-state index contributed by atoms with van der Waals surface area (Å²) in [5.74, 6) is 0.878. The summed E-state index contributed by atoms with van der Waals surface area (Å²) in [5, 5.41) is 4.12. The molecule has 1 amide bonds. The largest absolute Gasteiger partial charge is 0.485 e. The van der Waals surface area contributed by atoms with E-state index in [1.165, 1.54) is 0 Å². The monoisotopic (exact) mass is 383 g/mol. The Hall–Kier alpha value is -2.80. The number of nitrogens with zero attached hydrogens (tertiary/aromatic N) is 2. The van der Waals surface area contributed by atoms with Gasteiger partial charge in [0.05, 0.1) is 12.3 Å². The molecule has 0 saturated carbocycles. The van der Waals surface area contributed by atoms with Gasteiger partial charge in [-0.3, -0.25) is 4.79 Å². The van der Waals surface area contributed by atoms with E-state index in [0.717, 1.165) is 42.9 Å². The highest BCUT2D eigenvalue weighted by Crippen LogP contribution is 2.30. The summed E-state index contributed by atoms with van der Waals surface area (Å²) < 4.78 is 19.2. The summed E-state index contributed by atoms with van der Waals surface area (Å²) in [5.41, 5.74) is 5.79. The molecular weight excluding hydrogens is 358 g/mol. The summed E-state index contributed by atoms with van der Waals surface area (Å²) >= 11 is 0. The third-order valence-corrected chi connectivity index (χ3v) is 5.20. The fourth-order valence-corrected chi connectivity index (χ4v) is 3.62. The van der Waals surface area contributed by atoms with Crippen molar-refractivity contribution in [3.63, 3.8) is 0 Å². The van der Waals surface area contributed by atoms with Crippen LogP contribution in [0, 0.1) is 13.8 Å². The van der Waals surface area contributed by atoms with Gasteiger partial charge >= 0.3 is 0 Å². The predicted octanol–water partition coefficient (Wildman–Crippen LogP) is 2.57. The van der Waals surface area contributed by atoms with Crippen LogP contribution in [0.1, 0.15) is 29.8 Å². The second-order valence-electron chi connectivity index (χ2n) is 7.17. The molecule has 4 rings (SSSR count). The van der Waals surface area contributed by atoms with Gasteiger partial charge in [0, 0.05) is 30.1 Å². The maximum Gasteiger partial charge on any atom is 0.284 e. The number of aryl methyl sites for hydroxylation is 1. The van der Waals surface area contributed by atoms with Gasteiger partial charge in [-0.2, -0.15) is 5.10 Å². The Kier molecular flexibility index (Phi) is 5.34. The van der Waals surface area contributed by atoms with Crippen LogP contribution in [-0.2, 0) is 16.1 Å². The molecule has 3 heterocycles. The topological polar surface area (TPSA) is 74.1 Å². The molecule has 2 aliphatic heterocycles. The minimum absolute atomic E-state index is 0.161. The van der Waals surface area contributed by atoms with Crippen molar-refractivity contribution in [1.82, 2.24) is 9.99 Å². The lowest BCUT2D eigenvalue weighted by Crippen LogP contribution is -2.42. The first-order valence-electron chi connectivity index (χ1n) is 9.61. The Morgan fingerprint density at radius 3 is 2.93 bits per heavy atom. The Balaban J connectivity index is 1.36. The molecule has 148 valence electrons. The molecule has 0 aliphatic carbocycles. The molecule has 2 aromatic rings. The van der Waals surface area contributed by atoms with Gasteiger partial charge in [-0.15, -0.1) is 0 Å². The van der Waals surface area contributed by atoms with Crippen LogP contribution in [0.5, 0.6) is 11.5 Å². The van der Waals surface area contributed by atoms with Crippen molar-refractivity contribution >= 4 is 12.1 Å². The van der Waals surface area contributed by atoms with E-state index in [1.807, 2.05) is 18.2 Å². The van der Waals surface area contributed by atoms with E-state index >= 15 is 0 Å². The van der Waals surface area contributed by atoms with Crippen LogP contribution in [0.4, 0.5) is 0 Å². The van der Waals surface area contributed by atoms with Crippen LogP contribution < -0.4 is 14.9 Å². The van der Waals surface area contributed by atoms with Crippen LogP contribution >= 0.6 is 0 Å². The number of ether oxygens (including phenoxy) is 3. The number of aromatic nitrogens is 1. The Bertz CT molecular complexity index is 884. The molecule has 1 N–H and O–H groups in total. The zero-order valence-corrected chi connectivity index (χ0v) is 16.2. The summed E-state index contributed by atoms with van der Waals surface area (Å²) in [6, 6.07) is 9.36. The van der Waals surface area contributed by atoms with Crippen molar-refractivity contribution in [1.29, 1.82) is 0 Å². The van der Waals surface area contributed by atoms with Gasteiger partial charge in [-0.25, -0.2) is 5.43 Å². The number of hydrogen-bond acceptors (Lipinski definition) is 5. The van der Waals surface area contributed by atoms with Crippen LogP contribution in [0.2, 0.25) is 0 Å². The second kappa shape index (κ2) is 8.06. The van der Waals surface area contributed by atoms with E-state index in [-0.39, 0.29) is 18.6 Å². The standard InChI is InChI=1S/C21H25N3O4/c1-14-10-16(15(2)24(14)12-17-6-5-9-26-17)11-22-23-21(25)20-13-27-18-7-3-4-8-19(18)28-20/h3-4,7-8,10-11,17,20H,5-6,9,12-13H2,1-2H3,(H,23,25)/b22-11-/t17-,20+/m0/s1. The normalized spacial score (nSPS) is 21.2. The molecule has 1 aromatic carbocycles. The lowest BCUT2D eigenvalue weighted by molar-refractivity contribution is -0.130. The van der Waals surface area contributed by atoms with Gasteiger partial charge in [-0.1, -0.05) is 12.1 Å². The number of hydrogen-bond donors (Lipinski definition) is 1. The minimum Gasteiger partial charge on any atom is -0.485 e. The Labute approximate surface area is 164 Å². The van der Waals surface area contributed by atoms with Gasteiger partial charge in [0.25, 0.3) is 5.91 Å². The summed E-state index contributed by atoms with van der Waals surface area (Å²) in [7, 11) is 0. The summed E-state index contributed by atoms with van der Waals surface area (Å²) in [6.45, 7) is 5.99. The second-order valence-corrected chi connectivity index (χ2v) is 7.17. The fourth-order valence-electron chi connectivity index (χ4n) is 3.62. The molecule has 0 unspecified atom stereocenters. The lowest BCUT2D eigenvalue weighted by Gasteiger charge is -2.24. The molecule has 1 aromatic heterocycles. The highest BCUT2D eigenvalue weighted by molar-refractivity contribution is 5.85. The lowest BCUT2D eigenvalue weighted by atomic mass is 10.2. The van der Waals surface area contributed by atoms with E-state index in [0.29, 0.717) is 11.5 Å². The molecule has 2 atom stereocenters. The van der Waals surface area contributed by atoms with Gasteiger partial charge in [0.1, 0.15) is 6.61 Å². The smallest absolute Gasteiger partial charge is 0.284 e. The SMILES string of the molecule is Cc1cc(/C=N\NC(=O)[C@H]2COc3ccccc3O2)c(C)n1C[C@@H]1CCCO1. The molecule has 28 heavy (non-hydrogen) atoms. The van der Waals surface area contributed by atoms with E-state index in [2.05, 4.69) is 35.0 Å². The third-order valence-electron chi connectivity index (χ3n) is 5.20. The number of para-hydroxylation sites is 2. The molecule has 2 aliphatic rings. The predicted molar refractivity (Wildman–Crippen MR) is 105 cm³/mol. The zero-order chi connectivity index (χ0) is 19.5. The maximum atomic E-state index is 12.3. The van der Waals surface area contributed by atoms with E-state index < -0.39 is 6.10 Å². The molecule has 0 radical (unpaired) electrons. The summed E-state index contributed by atoms with van der Waals surface area (Å²) in [6.07, 6.45) is 3.45. The van der Waals surface area contributed by atoms with E-state index in [9.17, 15) is 4.79 Å². The molecule has 7 nitrogen and oxygen atoms in total. The third kappa shape index (κ3) is 3.89. The van der Waals surface area contributed by atoms with Gasteiger partial charge in [0.2, 0.25) is 6.10 Å². The van der Waals surface area contributed by atoms with Crippen LogP contribution in [0.25, 0.3) is 0 Å². The van der Waals surface area contributed by atoms with Crippen LogP contribution in [0.3, 0.4) is 0 Å². The molecule has 0 bridgehead atoms. The number of benzene rings is 1. The Morgan fingerprint density at radius 2 is 2.14 bits per heavy atom. The number of carbonyl (C=O) groups is 1. The number of amides is 1. The number of hydrazone groups is 1. The van der Waals surface area contributed by atoms with Crippen molar-refractivity contribution in [3.8, 4) is 11.5 Å². The quantitative estimate of drug-likeness (QED) is 0.636. The fraction of sp³-hybridized carbons (Fsp3) is 0.429. The van der Waals surface area contributed by atoms with Gasteiger partial charge < -0.3 is 18.8 Å². The van der Waals surface area contributed by atoms with Gasteiger partial charge in [0.15, 0.2) is 11.5 Å². The molecule has 1 fully saturated rings. The van der Waals surface area contributed by atoms with Crippen LogP contribution in [-0.4, -0.2) is 42.1 Å². The molecule has 7 heteroatoms. The number of carbonyl (C=O) groups excluding carboxylic acids is 1. The van der Waals surface area contributed by atoms with Crippen molar-refractivity contribution < 1.29 is 19.0 Å². The number of fused-ring (bicyclic) bond motifs is 1. The van der Waals surface area contributed by atoms with Crippen molar-refractivity contribution in [2.75, 3.05) is 13.2 Å². The number of nitrogens with one attached hydrogen (secondary N) is 1. The van der Waals surface area contributed by atoms with Crippen molar-refractivity contribution in [3.05, 3.63) is 47.3 Å². The molecule has 0 spiro atoms. The first-order chi connectivity index (χ1) is 13.6. The first kappa shape index (κ1) is 18.6. The van der Waals surface area contributed by atoms with E-state index in [4.69, 9.17) is 14.2 Å².